The minimum atomic E-state index is -1.55. The Morgan fingerprint density at radius 2 is 1.71 bits per heavy atom. The molecule has 1 N–H and O–H groups in total. The van der Waals surface area contributed by atoms with Gasteiger partial charge in [0.05, 0.1) is 0 Å². The summed E-state index contributed by atoms with van der Waals surface area (Å²) in [6.45, 7) is 0. The Labute approximate surface area is 53.6 Å². The molecule has 4 heteroatoms. The van der Waals surface area contributed by atoms with Crippen molar-refractivity contribution in [2.75, 3.05) is 0 Å². The average molecular weight is 139 g/mol. The van der Waals surface area contributed by atoms with Crippen molar-refractivity contribution in [3.63, 3.8) is 0 Å². The molecule has 7 heavy (non-hydrogen) atoms. The van der Waals surface area contributed by atoms with Crippen molar-refractivity contribution in [3.8, 4) is 0 Å². The molecule has 0 rings (SSSR count). The van der Waals surface area contributed by atoms with Crippen molar-refractivity contribution >= 4 is 12.3 Å². The number of carbonyl (C=O) groups is 1. The van der Waals surface area contributed by atoms with Crippen LogP contribution in [0.25, 0.3) is 0 Å². The maximum atomic E-state index is 8.94. The Morgan fingerprint density at radius 1 is 1.57 bits per heavy atom. The summed E-state index contributed by atoms with van der Waals surface area (Å²) in [5.41, 5.74) is 0. The smallest absolute Gasteiger partial charge is 0.531 e. The van der Waals surface area contributed by atoms with Gasteiger partial charge in [-0.1, -0.05) is 0 Å². The van der Waals surface area contributed by atoms with Crippen LogP contribution in [0.15, 0.2) is 0 Å². The van der Waals surface area contributed by atoms with E-state index in [1.165, 1.54) is 0 Å². The maximum Gasteiger partial charge on any atom is 2.00 e. The molecular formula is C3H4O3V. The fourth-order valence-electron chi connectivity index (χ4n) is 0. The van der Waals surface area contributed by atoms with Crippen LogP contribution < -0.4 is 0 Å². The predicted octanol–water partition coefficient (Wildman–Crippen LogP) is -0.372. The van der Waals surface area contributed by atoms with Crippen LogP contribution in [0, 0.1) is 7.43 Å². The topological polar surface area (TPSA) is 54.4 Å². The third-order valence-electron chi connectivity index (χ3n) is 0.0873. The van der Waals surface area contributed by atoms with Gasteiger partial charge < -0.3 is 17.3 Å². The number of hydrogen-bond donors (Lipinski definition) is 1. The van der Waals surface area contributed by atoms with Crippen LogP contribution >= 0.6 is 0 Å². The number of carboxylic acid groups (broad SMARTS) is 1. The Balaban J connectivity index is -0.0000000800. The third kappa shape index (κ3) is 26.7. The number of aliphatic carboxylic acids is 1. The second-order valence-corrected chi connectivity index (χ2v) is 0.407. The first-order chi connectivity index (χ1) is 2.27. The van der Waals surface area contributed by atoms with Gasteiger partial charge in [-0.3, -0.25) is 4.79 Å². The van der Waals surface area contributed by atoms with Crippen molar-refractivity contribution in [2.45, 2.75) is 0 Å². The van der Waals surface area contributed by atoms with Gasteiger partial charge in [0.1, 0.15) is 0 Å². The standard InChI is InChI=1S/C2HO3.CH3.V/c3-1-2(4)5;;/h(H,4,5);1H3;/q2*-1;+2. The summed E-state index contributed by atoms with van der Waals surface area (Å²) in [6.07, 6.45) is 0.694. The van der Waals surface area contributed by atoms with Crippen LogP contribution in [-0.4, -0.2) is 17.4 Å². The molecule has 39 valence electrons. The van der Waals surface area contributed by atoms with E-state index in [1.54, 1.807) is 0 Å². The number of rotatable bonds is 1. The molecule has 0 unspecified atom stereocenters. The molecule has 0 aromatic heterocycles. The van der Waals surface area contributed by atoms with Gasteiger partial charge in [0, 0.05) is 0 Å². The number of carboxylic acids is 1. The summed E-state index contributed by atoms with van der Waals surface area (Å²) in [4.78, 5) is 17.7. The second kappa shape index (κ2) is 9.21. The Bertz CT molecular complexity index is 61.2. The minimum absolute atomic E-state index is 0. The van der Waals surface area contributed by atoms with Crippen LogP contribution in [0.5, 0.6) is 0 Å². The van der Waals surface area contributed by atoms with E-state index >= 15 is 0 Å². The molecule has 0 aromatic carbocycles. The van der Waals surface area contributed by atoms with Gasteiger partial charge in [0.2, 0.25) is 0 Å². The Hall–Kier alpha value is -0.276. The van der Waals surface area contributed by atoms with E-state index in [0.717, 1.165) is 0 Å². The van der Waals surface area contributed by atoms with E-state index in [4.69, 9.17) is 14.7 Å². The zero-order valence-corrected chi connectivity index (χ0v) is 5.11. The largest absolute Gasteiger partial charge is 2.00 e. The fourth-order valence-corrected chi connectivity index (χ4v) is 0. The molecule has 0 spiro atoms. The second-order valence-electron chi connectivity index (χ2n) is 0.407. The number of hydrogen-bond acceptors (Lipinski definition) is 2. The molecule has 0 heterocycles. The number of carbonyl (C=O) groups excluding carboxylic acids is 1. The summed E-state index contributed by atoms with van der Waals surface area (Å²) in [5, 5.41) is 7.30. The molecule has 0 bridgehead atoms. The zero-order valence-electron chi connectivity index (χ0n) is 3.71. The minimum Gasteiger partial charge on any atom is -0.531 e. The predicted molar refractivity (Wildman–Crippen MR) is 19.7 cm³/mol. The quantitative estimate of drug-likeness (QED) is 0.398. The molecule has 0 saturated carbocycles. The summed E-state index contributed by atoms with van der Waals surface area (Å²) in [7, 11) is 0. The van der Waals surface area contributed by atoms with Crippen LogP contribution in [0.4, 0.5) is 0 Å². The van der Waals surface area contributed by atoms with E-state index in [1.807, 2.05) is 0 Å². The first-order valence-electron chi connectivity index (χ1n) is 0.882. The molecule has 0 aromatic rings. The van der Waals surface area contributed by atoms with Gasteiger partial charge in [-0.15, -0.1) is 0 Å². The van der Waals surface area contributed by atoms with Crippen molar-refractivity contribution < 1.29 is 33.3 Å². The van der Waals surface area contributed by atoms with Gasteiger partial charge in [-0.25, -0.2) is 0 Å². The molecule has 0 fully saturated rings. The van der Waals surface area contributed by atoms with E-state index in [2.05, 4.69) is 0 Å². The van der Waals surface area contributed by atoms with Crippen molar-refractivity contribution in [2.24, 2.45) is 0 Å². The summed E-state index contributed by atoms with van der Waals surface area (Å²) in [5.74, 6) is -1.55. The monoisotopic (exact) mass is 139 g/mol. The summed E-state index contributed by atoms with van der Waals surface area (Å²) in [6, 6.07) is 0. The van der Waals surface area contributed by atoms with E-state index in [-0.39, 0.29) is 26.0 Å². The molecule has 0 aliphatic carbocycles. The molecule has 3 nitrogen and oxygen atoms in total. The third-order valence-corrected chi connectivity index (χ3v) is 0.0873. The molecular weight excluding hydrogens is 135 g/mol. The molecule has 0 amide bonds. The van der Waals surface area contributed by atoms with E-state index in [0.29, 0.717) is 6.29 Å². The first-order valence-corrected chi connectivity index (χ1v) is 0.882. The normalized spacial score (nSPS) is 4.57. The average Bonchev–Trinajstić information content (AvgIpc) is 1.38. The van der Waals surface area contributed by atoms with Crippen LogP contribution in [0.2, 0.25) is 0 Å². The van der Waals surface area contributed by atoms with Crippen molar-refractivity contribution in [1.82, 2.24) is 0 Å². The van der Waals surface area contributed by atoms with Crippen LogP contribution in [0.1, 0.15) is 0 Å². The van der Waals surface area contributed by atoms with Gasteiger partial charge in [-0.2, -0.15) is 6.29 Å². The summed E-state index contributed by atoms with van der Waals surface area (Å²) < 4.78 is 0. The van der Waals surface area contributed by atoms with Crippen molar-refractivity contribution in [3.05, 3.63) is 7.43 Å². The Kier molecular flexibility index (Phi) is 20.9. The maximum absolute atomic E-state index is 8.94. The Morgan fingerprint density at radius 3 is 1.71 bits per heavy atom. The SMILES string of the molecule is O=[C-]C(=O)O.[CH3-].[V+2]. The summed E-state index contributed by atoms with van der Waals surface area (Å²) >= 11 is 0. The molecule has 1 radical (unpaired) electrons. The van der Waals surface area contributed by atoms with Crippen molar-refractivity contribution in [1.29, 1.82) is 0 Å². The van der Waals surface area contributed by atoms with Gasteiger partial charge in [-0.05, 0) is 0 Å². The van der Waals surface area contributed by atoms with Gasteiger partial charge >= 0.3 is 18.6 Å². The van der Waals surface area contributed by atoms with Crippen LogP contribution in [0.3, 0.4) is 0 Å². The molecule has 0 saturated heterocycles. The van der Waals surface area contributed by atoms with Gasteiger partial charge in [0.15, 0.2) is 5.97 Å². The zero-order chi connectivity index (χ0) is 4.28. The molecule has 0 aliphatic heterocycles. The fraction of sp³-hybridized carbons (Fsp3) is 0. The first kappa shape index (κ1) is 15.9. The van der Waals surface area contributed by atoms with Gasteiger partial charge in [0.25, 0.3) is 0 Å². The van der Waals surface area contributed by atoms with E-state index < -0.39 is 5.97 Å². The molecule has 0 aliphatic rings. The molecule has 0 atom stereocenters. The van der Waals surface area contributed by atoms with E-state index in [9.17, 15) is 0 Å². The van der Waals surface area contributed by atoms with Crippen LogP contribution in [-0.2, 0) is 28.1 Å².